The Bertz CT molecular complexity index is 1440. The van der Waals surface area contributed by atoms with Crippen LogP contribution in [0, 0.1) is 13.8 Å². The van der Waals surface area contributed by atoms with E-state index in [0.717, 1.165) is 44.8 Å². The molecule has 146 valence electrons. The third-order valence-electron chi connectivity index (χ3n) is 5.27. The SMILES string of the molecule is Cc1cc(-n2c(C)nc3c(C(N)=O)cc(-c4ccncc4)cc32)c2ccccc2n1. The molecule has 5 aromatic rings. The number of carbonyl (C=O) groups is 1. The number of aryl methyl sites for hydroxylation is 2. The van der Waals surface area contributed by atoms with Gasteiger partial charge in [0.1, 0.15) is 11.3 Å². The highest BCUT2D eigenvalue weighted by Gasteiger charge is 2.19. The predicted molar refractivity (Wildman–Crippen MR) is 118 cm³/mol. The van der Waals surface area contributed by atoms with Crippen LogP contribution in [-0.4, -0.2) is 25.4 Å². The fourth-order valence-electron chi connectivity index (χ4n) is 3.97. The lowest BCUT2D eigenvalue weighted by atomic mass is 10.0. The molecule has 30 heavy (non-hydrogen) atoms. The molecule has 2 N–H and O–H groups in total. The van der Waals surface area contributed by atoms with Gasteiger partial charge >= 0.3 is 0 Å². The van der Waals surface area contributed by atoms with Crippen LogP contribution < -0.4 is 5.73 Å². The number of pyridine rings is 2. The summed E-state index contributed by atoms with van der Waals surface area (Å²) in [5, 5.41) is 1.01. The number of carbonyl (C=O) groups excluding carboxylic acids is 1. The van der Waals surface area contributed by atoms with Gasteiger partial charge < -0.3 is 5.73 Å². The molecule has 6 heteroatoms. The molecule has 0 spiro atoms. The maximum Gasteiger partial charge on any atom is 0.250 e. The van der Waals surface area contributed by atoms with Crippen LogP contribution in [0.3, 0.4) is 0 Å². The lowest BCUT2D eigenvalue weighted by Crippen LogP contribution is -2.12. The minimum atomic E-state index is -0.503. The summed E-state index contributed by atoms with van der Waals surface area (Å²) in [6, 6.07) is 17.7. The second-order valence-electron chi connectivity index (χ2n) is 7.29. The second-order valence-corrected chi connectivity index (χ2v) is 7.29. The Morgan fingerprint density at radius 1 is 0.933 bits per heavy atom. The number of imidazole rings is 1. The second kappa shape index (κ2) is 6.77. The fourth-order valence-corrected chi connectivity index (χ4v) is 3.97. The third-order valence-corrected chi connectivity index (χ3v) is 5.27. The summed E-state index contributed by atoms with van der Waals surface area (Å²) in [7, 11) is 0. The van der Waals surface area contributed by atoms with Gasteiger partial charge in [0.25, 0.3) is 5.91 Å². The van der Waals surface area contributed by atoms with Crippen LogP contribution in [0.4, 0.5) is 0 Å². The minimum absolute atomic E-state index is 0.399. The van der Waals surface area contributed by atoms with Gasteiger partial charge in [-0.15, -0.1) is 0 Å². The van der Waals surface area contributed by atoms with Crippen LogP contribution in [0.5, 0.6) is 0 Å². The first-order valence-corrected chi connectivity index (χ1v) is 9.63. The number of nitrogens with zero attached hydrogens (tertiary/aromatic N) is 4. The normalized spacial score (nSPS) is 11.3. The number of para-hydroxylation sites is 1. The average Bonchev–Trinajstić information content (AvgIpc) is 3.08. The quantitative estimate of drug-likeness (QED) is 0.494. The van der Waals surface area contributed by atoms with Crippen LogP contribution in [-0.2, 0) is 0 Å². The van der Waals surface area contributed by atoms with Crippen LogP contribution in [0.2, 0.25) is 0 Å². The zero-order valence-electron chi connectivity index (χ0n) is 16.6. The van der Waals surface area contributed by atoms with Crippen molar-refractivity contribution in [2.45, 2.75) is 13.8 Å². The van der Waals surface area contributed by atoms with Gasteiger partial charge in [-0.2, -0.15) is 0 Å². The Balaban J connectivity index is 1.90. The molecule has 0 unspecified atom stereocenters. The Morgan fingerprint density at radius 3 is 2.47 bits per heavy atom. The number of primary amides is 1. The zero-order chi connectivity index (χ0) is 20.8. The number of hydrogen-bond acceptors (Lipinski definition) is 4. The third kappa shape index (κ3) is 2.81. The van der Waals surface area contributed by atoms with Crippen molar-refractivity contribution in [2.24, 2.45) is 5.73 Å². The van der Waals surface area contributed by atoms with Crippen LogP contribution in [0.1, 0.15) is 21.9 Å². The summed E-state index contributed by atoms with van der Waals surface area (Å²) in [5.74, 6) is 0.270. The van der Waals surface area contributed by atoms with Crippen molar-refractivity contribution in [1.82, 2.24) is 19.5 Å². The molecular weight excluding hydrogens is 374 g/mol. The molecule has 3 heterocycles. The van der Waals surface area contributed by atoms with Crippen molar-refractivity contribution >= 4 is 27.8 Å². The van der Waals surface area contributed by atoms with E-state index in [2.05, 4.69) is 14.5 Å². The van der Waals surface area contributed by atoms with Crippen molar-refractivity contribution in [3.8, 4) is 16.8 Å². The number of nitrogens with two attached hydrogens (primary N) is 1. The standard InChI is InChI=1S/C24H19N5O/c1-14-11-21(18-5-3-4-6-20(18)27-14)29-15(2)28-23-19(24(25)30)12-17(13-22(23)29)16-7-9-26-10-8-16/h3-13H,1-2H3,(H2,25,30). The summed E-state index contributed by atoms with van der Waals surface area (Å²) in [6.45, 7) is 3.91. The molecular formula is C24H19N5O. The first-order chi connectivity index (χ1) is 14.5. The molecule has 0 fully saturated rings. The topological polar surface area (TPSA) is 86.7 Å². The van der Waals surface area contributed by atoms with E-state index >= 15 is 0 Å². The first kappa shape index (κ1) is 18.0. The Morgan fingerprint density at radius 2 is 1.70 bits per heavy atom. The maximum absolute atomic E-state index is 12.3. The maximum atomic E-state index is 12.3. The molecule has 0 aliphatic rings. The van der Waals surface area contributed by atoms with E-state index in [1.165, 1.54) is 0 Å². The molecule has 6 nitrogen and oxygen atoms in total. The number of amides is 1. The fraction of sp³-hybridized carbons (Fsp3) is 0.0833. The zero-order valence-corrected chi connectivity index (χ0v) is 16.6. The largest absolute Gasteiger partial charge is 0.366 e. The number of aromatic nitrogens is 4. The summed E-state index contributed by atoms with van der Waals surface area (Å²) >= 11 is 0. The number of fused-ring (bicyclic) bond motifs is 2. The molecule has 0 radical (unpaired) electrons. The van der Waals surface area contributed by atoms with E-state index in [4.69, 9.17) is 10.7 Å². The van der Waals surface area contributed by atoms with Crippen LogP contribution in [0.25, 0.3) is 38.8 Å². The summed E-state index contributed by atoms with van der Waals surface area (Å²) in [6.07, 6.45) is 3.46. The van der Waals surface area contributed by atoms with E-state index in [9.17, 15) is 4.79 Å². The summed E-state index contributed by atoms with van der Waals surface area (Å²) < 4.78 is 2.07. The average molecular weight is 393 g/mol. The van der Waals surface area contributed by atoms with Gasteiger partial charge in [-0.3, -0.25) is 19.3 Å². The van der Waals surface area contributed by atoms with Gasteiger partial charge in [-0.05, 0) is 61.4 Å². The molecule has 0 atom stereocenters. The van der Waals surface area contributed by atoms with E-state index in [-0.39, 0.29) is 0 Å². The Kier molecular flexibility index (Phi) is 4.06. The van der Waals surface area contributed by atoms with Crippen molar-refractivity contribution in [3.05, 3.63) is 84.1 Å². The molecule has 0 aliphatic heterocycles. The van der Waals surface area contributed by atoms with Gasteiger partial charge in [0.2, 0.25) is 0 Å². The van der Waals surface area contributed by atoms with Gasteiger partial charge in [-0.1, -0.05) is 18.2 Å². The monoisotopic (exact) mass is 393 g/mol. The van der Waals surface area contributed by atoms with E-state index < -0.39 is 5.91 Å². The van der Waals surface area contributed by atoms with Gasteiger partial charge in [-0.25, -0.2) is 4.98 Å². The van der Waals surface area contributed by atoms with E-state index in [1.807, 2.05) is 62.4 Å². The molecule has 0 aliphatic carbocycles. The molecule has 0 saturated carbocycles. The smallest absolute Gasteiger partial charge is 0.250 e. The number of rotatable bonds is 3. The Labute approximate surface area is 173 Å². The van der Waals surface area contributed by atoms with Gasteiger partial charge in [0.15, 0.2) is 0 Å². The van der Waals surface area contributed by atoms with Crippen molar-refractivity contribution in [3.63, 3.8) is 0 Å². The van der Waals surface area contributed by atoms with Gasteiger partial charge in [0, 0.05) is 23.5 Å². The lowest BCUT2D eigenvalue weighted by molar-refractivity contribution is 0.100. The molecule has 3 aromatic heterocycles. The number of benzene rings is 2. The predicted octanol–water partition coefficient (Wildman–Crippen LogP) is 4.35. The van der Waals surface area contributed by atoms with Crippen molar-refractivity contribution in [1.29, 1.82) is 0 Å². The molecule has 0 saturated heterocycles. The highest BCUT2D eigenvalue weighted by atomic mass is 16.1. The molecule has 5 rings (SSSR count). The van der Waals surface area contributed by atoms with E-state index in [1.54, 1.807) is 18.5 Å². The molecule has 1 amide bonds. The first-order valence-electron chi connectivity index (χ1n) is 9.63. The molecule has 2 aromatic carbocycles. The van der Waals surface area contributed by atoms with E-state index in [0.29, 0.717) is 11.1 Å². The molecule has 0 bridgehead atoms. The van der Waals surface area contributed by atoms with Crippen molar-refractivity contribution in [2.75, 3.05) is 0 Å². The minimum Gasteiger partial charge on any atom is -0.366 e. The lowest BCUT2D eigenvalue weighted by Gasteiger charge is -2.13. The van der Waals surface area contributed by atoms with Gasteiger partial charge in [0.05, 0.1) is 22.3 Å². The Hall–Kier alpha value is -4.06. The highest BCUT2D eigenvalue weighted by molar-refractivity contribution is 6.07. The highest BCUT2D eigenvalue weighted by Crippen LogP contribution is 2.32. The summed E-state index contributed by atoms with van der Waals surface area (Å²) in [5.41, 5.74) is 12.2. The van der Waals surface area contributed by atoms with Crippen LogP contribution in [0.15, 0.2) is 67.0 Å². The number of hydrogen-bond donors (Lipinski definition) is 1. The summed E-state index contributed by atoms with van der Waals surface area (Å²) in [4.78, 5) is 25.7. The van der Waals surface area contributed by atoms with Crippen molar-refractivity contribution < 1.29 is 4.79 Å². The van der Waals surface area contributed by atoms with Crippen LogP contribution >= 0.6 is 0 Å².